The predicted molar refractivity (Wildman–Crippen MR) is 72.4 cm³/mol. The smallest absolute Gasteiger partial charge is 0.449 e. The van der Waals surface area contributed by atoms with Crippen molar-refractivity contribution in [2.45, 2.75) is 32.0 Å². The zero-order chi connectivity index (χ0) is 18.4. The summed E-state index contributed by atoms with van der Waals surface area (Å²) in [4.78, 5) is -1.17. The van der Waals surface area contributed by atoms with Crippen LogP contribution in [0.1, 0.15) is 22.3 Å². The van der Waals surface area contributed by atoms with Crippen molar-refractivity contribution in [3.05, 3.63) is 22.3 Å². The first kappa shape index (κ1) is 24.3. The fourth-order valence-corrected chi connectivity index (χ4v) is 3.75. The van der Waals surface area contributed by atoms with E-state index in [1.807, 2.05) is 0 Å². The first-order valence-corrected chi connectivity index (χ1v) is 8.66. The van der Waals surface area contributed by atoms with Gasteiger partial charge in [0.15, 0.2) is 5.75 Å². The molecule has 14 heteroatoms. The summed E-state index contributed by atoms with van der Waals surface area (Å²) in [5.41, 5.74) is -2.29. The van der Waals surface area contributed by atoms with E-state index in [1.54, 1.807) is 0 Å². The summed E-state index contributed by atoms with van der Waals surface area (Å²) < 4.78 is 112. The SMILES string of the molecule is Cc1c(C[B-](F)(F)F)c(C)c(S(=O)(=O)F)c(C)c1OS(=O)(=O)F.[K+]. The number of rotatable bonds is 5. The van der Waals surface area contributed by atoms with Gasteiger partial charge in [-0.25, -0.2) is 0 Å². The van der Waals surface area contributed by atoms with Gasteiger partial charge in [-0.3, -0.25) is 0 Å². The quantitative estimate of drug-likeness (QED) is 0.375. The Morgan fingerprint density at radius 1 is 0.917 bits per heavy atom. The molecule has 0 unspecified atom stereocenters. The third kappa shape index (κ3) is 6.21. The van der Waals surface area contributed by atoms with Crippen LogP contribution in [0.15, 0.2) is 4.90 Å². The Kier molecular flexibility index (Phi) is 7.97. The van der Waals surface area contributed by atoms with Crippen molar-refractivity contribution in [3.8, 4) is 5.75 Å². The second-order valence-corrected chi connectivity index (χ2v) is 7.08. The van der Waals surface area contributed by atoms with E-state index in [4.69, 9.17) is 0 Å². The first-order valence-electron chi connectivity index (χ1n) is 5.97. The molecule has 0 aliphatic carbocycles. The van der Waals surface area contributed by atoms with Crippen LogP contribution in [-0.2, 0) is 27.0 Å². The van der Waals surface area contributed by atoms with E-state index in [2.05, 4.69) is 4.18 Å². The molecular weight excluding hydrogens is 409 g/mol. The van der Waals surface area contributed by atoms with Gasteiger partial charge in [0.1, 0.15) is 4.90 Å². The maximum Gasteiger partial charge on any atom is 1.00 e. The summed E-state index contributed by atoms with van der Waals surface area (Å²) in [6.45, 7) is -2.62. The molecule has 1 rings (SSSR count). The van der Waals surface area contributed by atoms with Crippen LogP contribution in [0, 0.1) is 20.8 Å². The molecule has 0 atom stereocenters. The molecule has 0 heterocycles. The van der Waals surface area contributed by atoms with Gasteiger partial charge in [-0.05, 0) is 31.9 Å². The van der Waals surface area contributed by atoms with E-state index in [9.17, 15) is 37.6 Å². The molecular formula is C10H11BF5KO5S2. The zero-order valence-corrected chi connectivity index (χ0v) is 17.8. The Morgan fingerprint density at radius 3 is 1.71 bits per heavy atom. The van der Waals surface area contributed by atoms with Crippen LogP contribution in [-0.4, -0.2) is 23.8 Å². The maximum absolute atomic E-state index is 13.4. The monoisotopic (exact) mass is 420 g/mol. The van der Waals surface area contributed by atoms with Crippen LogP contribution in [0.2, 0.25) is 0 Å². The molecule has 132 valence electrons. The van der Waals surface area contributed by atoms with E-state index in [1.165, 1.54) is 0 Å². The average Bonchev–Trinajstić information content (AvgIpc) is 2.26. The maximum atomic E-state index is 13.4. The summed E-state index contributed by atoms with van der Waals surface area (Å²) >= 11 is 0. The van der Waals surface area contributed by atoms with Gasteiger partial charge in [0.25, 0.3) is 0 Å². The van der Waals surface area contributed by atoms with Crippen molar-refractivity contribution in [3.63, 3.8) is 0 Å². The second-order valence-electron chi connectivity index (χ2n) is 4.84. The van der Waals surface area contributed by atoms with Gasteiger partial charge in [0.05, 0.1) is 0 Å². The summed E-state index contributed by atoms with van der Waals surface area (Å²) in [6, 6.07) is 0. The van der Waals surface area contributed by atoms with E-state index < -0.39 is 66.9 Å². The van der Waals surface area contributed by atoms with Gasteiger partial charge < -0.3 is 17.1 Å². The van der Waals surface area contributed by atoms with Crippen molar-refractivity contribution in [1.29, 1.82) is 0 Å². The molecule has 0 aromatic heterocycles. The minimum Gasteiger partial charge on any atom is -0.449 e. The Bertz CT molecular complexity index is 852. The molecule has 0 aliphatic heterocycles. The third-order valence-corrected chi connectivity index (χ3v) is 4.60. The van der Waals surface area contributed by atoms with Gasteiger partial charge in [0.2, 0.25) is 0 Å². The number of hydrogen-bond donors (Lipinski definition) is 0. The van der Waals surface area contributed by atoms with Crippen LogP contribution in [0.3, 0.4) is 0 Å². The molecule has 0 aliphatic rings. The molecule has 24 heavy (non-hydrogen) atoms. The molecule has 0 radical (unpaired) electrons. The van der Waals surface area contributed by atoms with Crippen molar-refractivity contribution in [1.82, 2.24) is 0 Å². The Morgan fingerprint density at radius 2 is 1.38 bits per heavy atom. The molecule has 0 N–H and O–H groups in total. The van der Waals surface area contributed by atoms with Crippen LogP contribution in [0.4, 0.5) is 20.7 Å². The number of benzene rings is 1. The minimum absolute atomic E-state index is 0. The van der Waals surface area contributed by atoms with Crippen molar-refractivity contribution in [2.75, 3.05) is 0 Å². The summed E-state index contributed by atoms with van der Waals surface area (Å²) in [6.07, 6.45) is -1.61. The van der Waals surface area contributed by atoms with Gasteiger partial charge in [-0.15, -0.1) is 3.89 Å². The second kappa shape index (κ2) is 7.88. The van der Waals surface area contributed by atoms with Gasteiger partial charge in [-0.1, -0.05) is 15.8 Å². The van der Waals surface area contributed by atoms with Crippen LogP contribution in [0.25, 0.3) is 0 Å². The standard InChI is InChI=1S/C10H11BF5O5S2.K/c1-5-8(4-11(12,13)14)6(2)10(22(15,17)18)7(3)9(5)21-23(16,19)20;/h4H2,1-3H3;/q-1;+1. The van der Waals surface area contributed by atoms with Crippen LogP contribution >= 0.6 is 0 Å². The molecule has 5 nitrogen and oxygen atoms in total. The average molecular weight is 420 g/mol. The van der Waals surface area contributed by atoms with Gasteiger partial charge >= 0.3 is 79.1 Å². The summed E-state index contributed by atoms with van der Waals surface area (Å²) in [5, 5.41) is 0. The predicted octanol–water partition coefficient (Wildman–Crippen LogP) is -0.204. The van der Waals surface area contributed by atoms with Crippen LogP contribution in [0.5, 0.6) is 5.75 Å². The summed E-state index contributed by atoms with van der Waals surface area (Å²) in [7, 11) is -11.1. The number of hydrogen-bond acceptors (Lipinski definition) is 5. The molecule has 0 fully saturated rings. The van der Waals surface area contributed by atoms with E-state index >= 15 is 0 Å². The topological polar surface area (TPSA) is 77.5 Å². The molecule has 0 bridgehead atoms. The molecule has 1 aromatic rings. The minimum atomic E-state index is -5.65. The van der Waals surface area contributed by atoms with Gasteiger partial charge in [0, 0.05) is 5.56 Å². The molecule has 0 saturated heterocycles. The van der Waals surface area contributed by atoms with Crippen molar-refractivity contribution in [2.24, 2.45) is 0 Å². The molecule has 0 spiro atoms. The first-order chi connectivity index (χ1) is 10.0. The zero-order valence-electron chi connectivity index (χ0n) is 13.0. The van der Waals surface area contributed by atoms with Gasteiger partial charge in [-0.2, -0.15) is 16.8 Å². The molecule has 1 aromatic carbocycles. The Balaban J connectivity index is 0.00000529. The van der Waals surface area contributed by atoms with Crippen LogP contribution < -0.4 is 55.6 Å². The Labute approximate surface area is 179 Å². The normalized spacial score (nSPS) is 12.7. The van der Waals surface area contributed by atoms with Crippen molar-refractivity contribution < 1.29 is 93.1 Å². The van der Waals surface area contributed by atoms with E-state index in [0.29, 0.717) is 0 Å². The fraction of sp³-hybridized carbons (Fsp3) is 0.400. The number of halogens is 5. The van der Waals surface area contributed by atoms with E-state index in [-0.39, 0.29) is 51.4 Å². The molecule has 0 saturated carbocycles. The van der Waals surface area contributed by atoms with Crippen molar-refractivity contribution >= 4 is 27.7 Å². The third-order valence-electron chi connectivity index (χ3n) is 3.13. The van der Waals surface area contributed by atoms with E-state index in [0.717, 1.165) is 20.8 Å². The molecule has 0 amide bonds. The largest absolute Gasteiger partial charge is 1.00 e. The fourth-order valence-electron chi connectivity index (χ4n) is 2.35. The Hall–Kier alpha value is 0.271. The summed E-state index contributed by atoms with van der Waals surface area (Å²) in [5.74, 6) is -0.982.